The van der Waals surface area contributed by atoms with Gasteiger partial charge in [-0.05, 0) is 19.1 Å². The first-order valence-electron chi connectivity index (χ1n) is 5.69. The third-order valence-corrected chi connectivity index (χ3v) is 3.50. The fourth-order valence-corrected chi connectivity index (χ4v) is 2.34. The van der Waals surface area contributed by atoms with Crippen LogP contribution in [0.2, 0.25) is 5.15 Å². The van der Waals surface area contributed by atoms with E-state index < -0.39 is 0 Å². The molecule has 1 aliphatic heterocycles. The average Bonchev–Trinajstić information content (AvgIpc) is 2.34. The fourth-order valence-electron chi connectivity index (χ4n) is 2.20. The molecular weight excluding hydrogens is 252 g/mol. The van der Waals surface area contributed by atoms with E-state index in [2.05, 4.69) is 26.8 Å². The molecule has 0 aliphatic carbocycles. The van der Waals surface area contributed by atoms with E-state index in [1.165, 1.54) is 6.33 Å². The van der Waals surface area contributed by atoms with Crippen molar-refractivity contribution < 1.29 is 4.74 Å². The molecule has 0 bridgehead atoms. The van der Waals surface area contributed by atoms with Gasteiger partial charge in [-0.25, -0.2) is 15.0 Å². The third kappa shape index (κ3) is 1.79. The highest BCUT2D eigenvalue weighted by Crippen LogP contribution is 2.32. The minimum atomic E-state index is -0.0862. The largest absolute Gasteiger partial charge is 0.375 e. The topological polar surface area (TPSA) is 51.1 Å². The van der Waals surface area contributed by atoms with Crippen molar-refractivity contribution in [3.05, 3.63) is 23.6 Å². The van der Waals surface area contributed by atoms with E-state index in [1.54, 1.807) is 13.2 Å². The molecule has 1 fully saturated rings. The van der Waals surface area contributed by atoms with E-state index in [0.29, 0.717) is 10.8 Å². The molecule has 3 heterocycles. The summed E-state index contributed by atoms with van der Waals surface area (Å²) in [5.41, 5.74) is 0.537. The van der Waals surface area contributed by atoms with Crippen LogP contribution in [-0.2, 0) is 4.74 Å². The number of aromatic nitrogens is 3. The van der Waals surface area contributed by atoms with Gasteiger partial charge >= 0.3 is 0 Å². The minimum Gasteiger partial charge on any atom is -0.375 e. The number of anilines is 1. The second-order valence-electron chi connectivity index (χ2n) is 4.71. The van der Waals surface area contributed by atoms with Crippen LogP contribution in [0.1, 0.15) is 6.92 Å². The fraction of sp³-hybridized carbons (Fsp3) is 0.417. The molecule has 0 unspecified atom stereocenters. The van der Waals surface area contributed by atoms with Crippen LogP contribution >= 0.6 is 11.6 Å². The van der Waals surface area contributed by atoms with Crippen LogP contribution in [0.25, 0.3) is 11.0 Å². The number of rotatable bonds is 2. The molecule has 2 aromatic heterocycles. The first-order valence-corrected chi connectivity index (χ1v) is 6.06. The van der Waals surface area contributed by atoms with Crippen molar-refractivity contribution in [2.75, 3.05) is 25.1 Å². The van der Waals surface area contributed by atoms with Crippen LogP contribution in [-0.4, -0.2) is 40.8 Å². The maximum Gasteiger partial charge on any atom is 0.166 e. The molecule has 6 heteroatoms. The predicted octanol–water partition coefficient (Wildman–Crippen LogP) is 1.90. The molecule has 18 heavy (non-hydrogen) atoms. The third-order valence-electron chi connectivity index (χ3n) is 3.29. The smallest absolute Gasteiger partial charge is 0.166 e. The van der Waals surface area contributed by atoms with Gasteiger partial charge in [0.2, 0.25) is 0 Å². The Morgan fingerprint density at radius 2 is 2.11 bits per heavy atom. The molecule has 3 rings (SSSR count). The SMILES string of the molecule is COC1(C)CN(c2ncnc3nc(Cl)ccc23)C1. The Balaban J connectivity index is 1.99. The molecule has 0 aromatic carbocycles. The summed E-state index contributed by atoms with van der Waals surface area (Å²) < 4.78 is 5.43. The summed E-state index contributed by atoms with van der Waals surface area (Å²) in [6.07, 6.45) is 1.52. The number of ether oxygens (including phenoxy) is 1. The van der Waals surface area contributed by atoms with E-state index in [9.17, 15) is 0 Å². The highest BCUT2D eigenvalue weighted by Gasteiger charge is 2.40. The van der Waals surface area contributed by atoms with Crippen molar-refractivity contribution in [2.24, 2.45) is 0 Å². The van der Waals surface area contributed by atoms with Gasteiger partial charge < -0.3 is 9.64 Å². The average molecular weight is 265 g/mol. The van der Waals surface area contributed by atoms with Gasteiger partial charge in [-0.15, -0.1) is 0 Å². The van der Waals surface area contributed by atoms with E-state index in [0.717, 1.165) is 24.3 Å². The van der Waals surface area contributed by atoms with Crippen LogP contribution < -0.4 is 4.90 Å². The van der Waals surface area contributed by atoms with Gasteiger partial charge in [0.1, 0.15) is 17.3 Å². The van der Waals surface area contributed by atoms with E-state index in [4.69, 9.17) is 16.3 Å². The molecule has 0 saturated carbocycles. The Kier molecular flexibility index (Phi) is 2.60. The lowest BCUT2D eigenvalue weighted by atomic mass is 9.96. The molecule has 5 nitrogen and oxygen atoms in total. The second-order valence-corrected chi connectivity index (χ2v) is 5.10. The summed E-state index contributed by atoms with van der Waals surface area (Å²) in [4.78, 5) is 14.8. The standard InChI is InChI=1S/C12H13ClN4O/c1-12(18-2)5-17(6-12)11-8-3-4-9(13)16-10(8)14-7-15-11/h3-4,7H,5-6H2,1-2H3. The molecule has 0 N–H and O–H groups in total. The van der Waals surface area contributed by atoms with Crippen molar-refractivity contribution in [1.82, 2.24) is 15.0 Å². The van der Waals surface area contributed by atoms with Gasteiger partial charge in [0.15, 0.2) is 5.65 Å². The number of nitrogens with zero attached hydrogens (tertiary/aromatic N) is 4. The lowest BCUT2D eigenvalue weighted by Crippen LogP contribution is -2.61. The van der Waals surface area contributed by atoms with Crippen LogP contribution in [0.3, 0.4) is 0 Å². The molecule has 1 saturated heterocycles. The van der Waals surface area contributed by atoms with Gasteiger partial charge in [-0.2, -0.15) is 0 Å². The van der Waals surface area contributed by atoms with Gasteiger partial charge in [0, 0.05) is 20.2 Å². The number of halogens is 1. The van der Waals surface area contributed by atoms with Gasteiger partial charge in [-0.1, -0.05) is 11.6 Å². The Morgan fingerprint density at radius 1 is 1.33 bits per heavy atom. The Labute approximate surface area is 110 Å². The number of pyridine rings is 1. The Bertz CT molecular complexity index is 598. The van der Waals surface area contributed by atoms with Crippen LogP contribution in [0.4, 0.5) is 5.82 Å². The van der Waals surface area contributed by atoms with Gasteiger partial charge in [0.05, 0.1) is 11.0 Å². The molecule has 1 aliphatic rings. The molecule has 0 atom stereocenters. The van der Waals surface area contributed by atoms with Crippen molar-refractivity contribution in [1.29, 1.82) is 0 Å². The normalized spacial score (nSPS) is 17.8. The van der Waals surface area contributed by atoms with Crippen molar-refractivity contribution in [3.63, 3.8) is 0 Å². The van der Waals surface area contributed by atoms with Crippen molar-refractivity contribution >= 4 is 28.5 Å². The van der Waals surface area contributed by atoms with E-state index in [-0.39, 0.29) is 5.60 Å². The van der Waals surface area contributed by atoms with E-state index in [1.807, 2.05) is 6.07 Å². The number of hydrogen-bond donors (Lipinski definition) is 0. The zero-order valence-electron chi connectivity index (χ0n) is 10.2. The molecule has 0 spiro atoms. The van der Waals surface area contributed by atoms with E-state index >= 15 is 0 Å². The van der Waals surface area contributed by atoms with Crippen LogP contribution in [0, 0.1) is 0 Å². The molecule has 0 amide bonds. The zero-order valence-corrected chi connectivity index (χ0v) is 11.0. The lowest BCUT2D eigenvalue weighted by molar-refractivity contribution is -0.0170. The number of fused-ring (bicyclic) bond motifs is 1. The van der Waals surface area contributed by atoms with Crippen LogP contribution in [0.5, 0.6) is 0 Å². The monoisotopic (exact) mass is 264 g/mol. The van der Waals surface area contributed by atoms with Crippen molar-refractivity contribution in [3.8, 4) is 0 Å². The summed E-state index contributed by atoms with van der Waals surface area (Å²) >= 11 is 5.86. The summed E-state index contributed by atoms with van der Waals surface area (Å²) in [5, 5.41) is 1.36. The molecular formula is C12H13ClN4O. The summed E-state index contributed by atoms with van der Waals surface area (Å²) in [7, 11) is 1.73. The molecule has 94 valence electrons. The summed E-state index contributed by atoms with van der Waals surface area (Å²) in [5.74, 6) is 0.888. The van der Waals surface area contributed by atoms with Gasteiger partial charge in [0.25, 0.3) is 0 Å². The highest BCUT2D eigenvalue weighted by molar-refractivity contribution is 6.29. The maximum absolute atomic E-state index is 5.86. The van der Waals surface area contributed by atoms with Gasteiger partial charge in [-0.3, -0.25) is 0 Å². The Morgan fingerprint density at radius 3 is 2.83 bits per heavy atom. The Hall–Kier alpha value is -1.46. The summed E-state index contributed by atoms with van der Waals surface area (Å²) in [6.45, 7) is 3.72. The minimum absolute atomic E-state index is 0.0862. The van der Waals surface area contributed by atoms with Crippen LogP contribution in [0.15, 0.2) is 18.5 Å². The highest BCUT2D eigenvalue weighted by atomic mass is 35.5. The first-order chi connectivity index (χ1) is 8.61. The molecule has 2 aromatic rings. The predicted molar refractivity (Wildman–Crippen MR) is 70.0 cm³/mol. The number of methoxy groups -OCH3 is 1. The van der Waals surface area contributed by atoms with Crippen molar-refractivity contribution in [2.45, 2.75) is 12.5 Å². The lowest BCUT2D eigenvalue weighted by Gasteiger charge is -2.47. The first kappa shape index (κ1) is 11.6. The second kappa shape index (κ2) is 4.03. The summed E-state index contributed by atoms with van der Waals surface area (Å²) in [6, 6.07) is 3.66. The zero-order chi connectivity index (χ0) is 12.8. The molecule has 0 radical (unpaired) electrons. The quantitative estimate of drug-likeness (QED) is 0.776. The number of hydrogen-bond acceptors (Lipinski definition) is 5. The maximum atomic E-state index is 5.86.